The number of amides is 1. The van der Waals surface area contributed by atoms with Crippen molar-refractivity contribution in [2.75, 3.05) is 19.8 Å². The molecular formula is C15H16BrN9O2. The minimum atomic E-state index is -0.514. The van der Waals surface area contributed by atoms with Crippen LogP contribution in [0.25, 0.3) is 5.82 Å². The summed E-state index contributed by atoms with van der Waals surface area (Å²) in [4.78, 5) is 14.4. The van der Waals surface area contributed by atoms with Crippen LogP contribution in [0, 0.1) is 0 Å². The number of hydrogen-bond acceptors (Lipinski definition) is 9. The second kappa shape index (κ2) is 8.05. The lowest BCUT2D eigenvalue weighted by atomic mass is 10.2. The topological polar surface area (TPSA) is 140 Å². The van der Waals surface area contributed by atoms with Crippen LogP contribution in [0.4, 0.5) is 5.82 Å². The van der Waals surface area contributed by atoms with Crippen molar-refractivity contribution < 1.29 is 9.42 Å². The van der Waals surface area contributed by atoms with E-state index in [2.05, 4.69) is 51.7 Å². The Morgan fingerprint density at radius 3 is 2.93 bits per heavy atom. The van der Waals surface area contributed by atoms with Gasteiger partial charge in [-0.3, -0.25) is 4.79 Å². The molecule has 0 aliphatic heterocycles. The number of halogens is 1. The Bertz CT molecular complexity index is 979. The first-order valence-corrected chi connectivity index (χ1v) is 8.51. The lowest BCUT2D eigenvalue weighted by Crippen LogP contribution is -2.23. The second-order valence-corrected chi connectivity index (χ2v) is 6.68. The highest BCUT2D eigenvalue weighted by molar-refractivity contribution is 9.10. The molecule has 0 unspecified atom stereocenters. The Morgan fingerprint density at radius 1 is 1.44 bits per heavy atom. The van der Waals surface area contributed by atoms with Crippen LogP contribution in [-0.4, -0.2) is 56.4 Å². The van der Waals surface area contributed by atoms with Gasteiger partial charge in [0.15, 0.2) is 5.69 Å². The fourth-order valence-corrected chi connectivity index (χ4v) is 2.65. The van der Waals surface area contributed by atoms with Crippen molar-refractivity contribution in [3.05, 3.63) is 45.7 Å². The van der Waals surface area contributed by atoms with Gasteiger partial charge in [0.25, 0.3) is 5.91 Å². The molecule has 0 fully saturated rings. The predicted octanol–water partition coefficient (Wildman–Crippen LogP) is 0.821. The van der Waals surface area contributed by atoms with Gasteiger partial charge in [-0.15, -0.1) is 5.10 Å². The van der Waals surface area contributed by atoms with Crippen LogP contribution in [-0.2, 0) is 6.54 Å². The average molecular weight is 434 g/mol. The monoisotopic (exact) mass is 433 g/mol. The summed E-state index contributed by atoms with van der Waals surface area (Å²) < 4.78 is 6.83. The highest BCUT2D eigenvalue weighted by atomic mass is 79.9. The maximum Gasteiger partial charge on any atom is 0.293 e. The second-order valence-electron chi connectivity index (χ2n) is 5.76. The number of nitrogens with zero attached hydrogens (tertiary/aromatic N) is 7. The molecule has 2 heterocycles. The number of nitrogen functional groups attached to an aromatic ring is 1. The normalized spacial score (nSPS) is 11.4. The van der Waals surface area contributed by atoms with E-state index in [1.165, 1.54) is 10.9 Å². The molecule has 0 saturated heterocycles. The predicted molar refractivity (Wildman–Crippen MR) is 100 cm³/mol. The molecule has 0 atom stereocenters. The molecule has 0 bridgehead atoms. The summed E-state index contributed by atoms with van der Waals surface area (Å²) in [5.41, 5.74) is 9.55. The van der Waals surface area contributed by atoms with Crippen molar-refractivity contribution >= 4 is 33.9 Å². The average Bonchev–Trinajstić information content (AvgIpc) is 3.20. The van der Waals surface area contributed by atoms with Crippen molar-refractivity contribution in [2.24, 2.45) is 5.10 Å². The van der Waals surface area contributed by atoms with Crippen molar-refractivity contribution in [2.45, 2.75) is 6.54 Å². The fourth-order valence-electron chi connectivity index (χ4n) is 2.23. The summed E-state index contributed by atoms with van der Waals surface area (Å²) in [6.45, 7) is 0.359. The van der Waals surface area contributed by atoms with E-state index in [9.17, 15) is 4.79 Å². The number of carbonyl (C=O) groups is 1. The Balaban J connectivity index is 1.84. The van der Waals surface area contributed by atoms with Gasteiger partial charge in [0.2, 0.25) is 11.6 Å². The van der Waals surface area contributed by atoms with Crippen LogP contribution in [0.15, 0.2) is 38.5 Å². The zero-order valence-corrected chi connectivity index (χ0v) is 16.1. The van der Waals surface area contributed by atoms with Crippen LogP contribution in [0.2, 0.25) is 0 Å². The van der Waals surface area contributed by atoms with E-state index in [1.54, 1.807) is 0 Å². The first-order valence-electron chi connectivity index (χ1n) is 7.72. The van der Waals surface area contributed by atoms with E-state index in [4.69, 9.17) is 5.73 Å². The number of nitrogens with two attached hydrogens (primary N) is 1. The van der Waals surface area contributed by atoms with Gasteiger partial charge in [-0.05, 0) is 42.1 Å². The highest BCUT2D eigenvalue weighted by Gasteiger charge is 2.24. The lowest BCUT2D eigenvalue weighted by Gasteiger charge is -2.11. The third kappa shape index (κ3) is 4.35. The Labute approximate surface area is 162 Å². The number of hydrogen-bond donors (Lipinski definition) is 2. The van der Waals surface area contributed by atoms with Crippen LogP contribution in [0.5, 0.6) is 0 Å². The summed E-state index contributed by atoms with van der Waals surface area (Å²) in [5.74, 6) is -0.310. The standard InChI is InChI=1S/C15H16BrN9O2/c1-24(2)8-11-12(19-23-25(11)14-13(17)21-27-22-14)15(26)20-18-7-9-4-3-5-10(16)6-9/h3-7H,8H2,1-2H3,(H2,17,21)(H,20,26)/b18-7-. The van der Waals surface area contributed by atoms with Gasteiger partial charge in [-0.1, -0.05) is 33.3 Å². The molecule has 3 aromatic rings. The quantitative estimate of drug-likeness (QED) is 0.429. The molecule has 11 nitrogen and oxygen atoms in total. The van der Waals surface area contributed by atoms with Gasteiger partial charge in [-0.2, -0.15) is 9.78 Å². The van der Waals surface area contributed by atoms with Crippen molar-refractivity contribution in [3.8, 4) is 5.82 Å². The largest absolute Gasteiger partial charge is 0.378 e. The SMILES string of the molecule is CN(C)Cc1c(C(=O)N/N=C\c2cccc(Br)c2)nnn1-c1nonc1N. The molecule has 3 N–H and O–H groups in total. The van der Waals surface area contributed by atoms with Gasteiger partial charge in [0.1, 0.15) is 0 Å². The number of anilines is 1. The van der Waals surface area contributed by atoms with Gasteiger partial charge in [-0.25, -0.2) is 10.1 Å². The number of benzene rings is 1. The van der Waals surface area contributed by atoms with E-state index in [1.807, 2.05) is 43.3 Å². The van der Waals surface area contributed by atoms with Crippen LogP contribution in [0.3, 0.4) is 0 Å². The van der Waals surface area contributed by atoms with E-state index in [0.717, 1.165) is 10.0 Å². The van der Waals surface area contributed by atoms with E-state index in [-0.39, 0.29) is 17.3 Å². The highest BCUT2D eigenvalue weighted by Crippen LogP contribution is 2.16. The van der Waals surface area contributed by atoms with E-state index in [0.29, 0.717) is 12.2 Å². The number of rotatable bonds is 6. The molecule has 0 radical (unpaired) electrons. The molecule has 12 heteroatoms. The third-order valence-electron chi connectivity index (χ3n) is 3.37. The fraction of sp³-hybridized carbons (Fsp3) is 0.200. The minimum absolute atomic E-state index is 0.0412. The van der Waals surface area contributed by atoms with E-state index < -0.39 is 5.91 Å². The summed E-state index contributed by atoms with van der Waals surface area (Å²) in [6, 6.07) is 7.48. The van der Waals surface area contributed by atoms with Gasteiger partial charge in [0, 0.05) is 11.0 Å². The summed E-state index contributed by atoms with van der Waals surface area (Å²) >= 11 is 3.38. The van der Waals surface area contributed by atoms with Crippen LogP contribution < -0.4 is 11.2 Å². The molecule has 0 aliphatic carbocycles. The van der Waals surface area contributed by atoms with Gasteiger partial charge < -0.3 is 10.6 Å². The smallest absolute Gasteiger partial charge is 0.293 e. The zero-order valence-electron chi connectivity index (χ0n) is 14.5. The number of aromatic nitrogens is 5. The van der Waals surface area contributed by atoms with Crippen molar-refractivity contribution in [1.29, 1.82) is 0 Å². The molecule has 3 rings (SSSR count). The minimum Gasteiger partial charge on any atom is -0.378 e. The molecule has 2 aromatic heterocycles. The maximum absolute atomic E-state index is 12.5. The van der Waals surface area contributed by atoms with Gasteiger partial charge in [0.05, 0.1) is 11.9 Å². The number of carbonyl (C=O) groups excluding carboxylic acids is 1. The Kier molecular flexibility index (Phi) is 5.57. The lowest BCUT2D eigenvalue weighted by molar-refractivity contribution is 0.0948. The summed E-state index contributed by atoms with van der Waals surface area (Å²) in [5, 5.41) is 19.1. The van der Waals surface area contributed by atoms with Crippen LogP contribution >= 0.6 is 15.9 Å². The molecule has 27 heavy (non-hydrogen) atoms. The molecule has 0 aliphatic rings. The molecule has 1 aromatic carbocycles. The Hall–Kier alpha value is -3.12. The van der Waals surface area contributed by atoms with Crippen molar-refractivity contribution in [1.82, 2.24) is 35.6 Å². The first kappa shape index (κ1) is 18.7. The summed E-state index contributed by atoms with van der Waals surface area (Å²) in [6.07, 6.45) is 1.53. The molecule has 140 valence electrons. The summed E-state index contributed by atoms with van der Waals surface area (Å²) in [7, 11) is 3.68. The third-order valence-corrected chi connectivity index (χ3v) is 3.86. The molecule has 0 saturated carbocycles. The zero-order chi connectivity index (χ0) is 19.4. The number of hydrazone groups is 1. The number of nitrogens with one attached hydrogen (secondary N) is 1. The maximum atomic E-state index is 12.5. The van der Waals surface area contributed by atoms with Crippen molar-refractivity contribution in [3.63, 3.8) is 0 Å². The molecule has 0 spiro atoms. The van der Waals surface area contributed by atoms with Gasteiger partial charge >= 0.3 is 0 Å². The molecule has 1 amide bonds. The Morgan fingerprint density at radius 2 is 2.26 bits per heavy atom. The van der Waals surface area contributed by atoms with Crippen LogP contribution in [0.1, 0.15) is 21.7 Å². The molecular weight excluding hydrogens is 418 g/mol. The van der Waals surface area contributed by atoms with E-state index >= 15 is 0 Å². The first-order chi connectivity index (χ1) is 13.0.